The SMILES string of the molecule is FC1CC(F)C(C(F)(F)OC2CCC(C3CCC(F)C(F)C3)C(F)C2)C(F)C1. The van der Waals surface area contributed by atoms with Crippen molar-refractivity contribution in [3.63, 3.8) is 0 Å². The highest BCUT2D eigenvalue weighted by Crippen LogP contribution is 2.46. The number of halogens is 8. The van der Waals surface area contributed by atoms with E-state index in [0.717, 1.165) is 0 Å². The van der Waals surface area contributed by atoms with Gasteiger partial charge in [-0.05, 0) is 43.9 Å². The van der Waals surface area contributed by atoms with Crippen LogP contribution in [0.5, 0.6) is 0 Å². The minimum atomic E-state index is -4.17. The lowest BCUT2D eigenvalue weighted by Crippen LogP contribution is -2.50. The first-order valence-corrected chi connectivity index (χ1v) is 9.98. The molecule has 164 valence electrons. The molecule has 0 radical (unpaired) electrons. The summed E-state index contributed by atoms with van der Waals surface area (Å²) in [5.41, 5.74) is 0. The number of hydrogen-bond donors (Lipinski definition) is 0. The van der Waals surface area contributed by atoms with Crippen molar-refractivity contribution in [1.82, 2.24) is 0 Å². The van der Waals surface area contributed by atoms with E-state index in [4.69, 9.17) is 0 Å². The summed E-state index contributed by atoms with van der Waals surface area (Å²) >= 11 is 0. The number of rotatable bonds is 4. The van der Waals surface area contributed by atoms with Gasteiger partial charge in [0.15, 0.2) is 0 Å². The lowest BCUT2D eigenvalue weighted by atomic mass is 9.71. The topological polar surface area (TPSA) is 9.23 Å². The third-order valence-corrected chi connectivity index (χ3v) is 6.57. The lowest BCUT2D eigenvalue weighted by molar-refractivity contribution is -0.321. The van der Waals surface area contributed by atoms with Crippen molar-refractivity contribution in [1.29, 1.82) is 0 Å². The zero-order valence-electron chi connectivity index (χ0n) is 15.4. The molecule has 0 N–H and O–H groups in total. The molecule has 8 unspecified atom stereocenters. The van der Waals surface area contributed by atoms with Crippen LogP contribution < -0.4 is 0 Å². The van der Waals surface area contributed by atoms with Gasteiger partial charge in [-0.2, -0.15) is 8.78 Å². The van der Waals surface area contributed by atoms with E-state index in [2.05, 4.69) is 4.74 Å². The zero-order valence-corrected chi connectivity index (χ0v) is 15.4. The fraction of sp³-hybridized carbons (Fsp3) is 1.00. The van der Waals surface area contributed by atoms with Crippen LogP contribution in [0.3, 0.4) is 0 Å². The maximum atomic E-state index is 14.6. The van der Waals surface area contributed by atoms with Crippen molar-refractivity contribution >= 4 is 0 Å². The number of hydrogen-bond acceptors (Lipinski definition) is 1. The Balaban J connectivity index is 1.56. The Bertz CT molecular complexity index is 508. The molecule has 3 rings (SSSR count). The van der Waals surface area contributed by atoms with Gasteiger partial charge in [0.1, 0.15) is 42.9 Å². The summed E-state index contributed by atoms with van der Waals surface area (Å²) in [6.45, 7) is 0. The predicted molar refractivity (Wildman–Crippen MR) is 86.6 cm³/mol. The summed E-state index contributed by atoms with van der Waals surface area (Å²) in [4.78, 5) is 0. The molecule has 3 aliphatic rings. The van der Waals surface area contributed by atoms with Gasteiger partial charge in [0.2, 0.25) is 0 Å². The molecule has 9 heteroatoms. The molecule has 0 aliphatic heterocycles. The number of ether oxygens (including phenoxy) is 1. The fourth-order valence-corrected chi connectivity index (χ4v) is 5.07. The van der Waals surface area contributed by atoms with E-state index in [-0.39, 0.29) is 38.0 Å². The molecule has 1 nitrogen and oxygen atoms in total. The van der Waals surface area contributed by atoms with Crippen LogP contribution in [0.25, 0.3) is 0 Å². The highest BCUT2D eigenvalue weighted by molar-refractivity contribution is 4.94. The van der Waals surface area contributed by atoms with Crippen LogP contribution in [0.15, 0.2) is 0 Å². The van der Waals surface area contributed by atoms with E-state index >= 15 is 0 Å². The molecule has 3 fully saturated rings. The van der Waals surface area contributed by atoms with Crippen LogP contribution in [-0.4, -0.2) is 49.2 Å². The minimum absolute atomic E-state index is 0.0140. The first-order chi connectivity index (χ1) is 13.1. The average Bonchev–Trinajstić information content (AvgIpc) is 2.56. The minimum Gasteiger partial charge on any atom is -0.317 e. The molecule has 0 amide bonds. The van der Waals surface area contributed by atoms with Gasteiger partial charge in [0, 0.05) is 19.3 Å². The highest BCUT2D eigenvalue weighted by Gasteiger charge is 2.56. The summed E-state index contributed by atoms with van der Waals surface area (Å²) in [6, 6.07) is 0. The van der Waals surface area contributed by atoms with Crippen LogP contribution in [0.4, 0.5) is 35.1 Å². The third kappa shape index (κ3) is 4.75. The van der Waals surface area contributed by atoms with Crippen LogP contribution in [-0.2, 0) is 4.74 Å². The zero-order chi connectivity index (χ0) is 20.6. The predicted octanol–water partition coefficient (Wildman–Crippen LogP) is 6.00. The van der Waals surface area contributed by atoms with Crippen molar-refractivity contribution in [3.05, 3.63) is 0 Å². The van der Waals surface area contributed by atoms with Crippen molar-refractivity contribution in [2.75, 3.05) is 0 Å². The Kier molecular flexibility index (Phi) is 6.82. The molecule has 8 atom stereocenters. The smallest absolute Gasteiger partial charge is 0.317 e. The van der Waals surface area contributed by atoms with Gasteiger partial charge in [0.05, 0.1) is 6.10 Å². The molecule has 0 aromatic heterocycles. The molecule has 0 heterocycles. The van der Waals surface area contributed by atoms with E-state index < -0.39 is 73.9 Å². The van der Waals surface area contributed by atoms with E-state index in [9.17, 15) is 35.1 Å². The number of alkyl halides is 8. The van der Waals surface area contributed by atoms with Crippen molar-refractivity contribution in [2.24, 2.45) is 17.8 Å². The van der Waals surface area contributed by atoms with Gasteiger partial charge in [-0.3, -0.25) is 0 Å². The van der Waals surface area contributed by atoms with E-state index in [1.165, 1.54) is 0 Å². The molecule has 3 saturated carbocycles. The highest BCUT2D eigenvalue weighted by atomic mass is 19.3. The maximum Gasteiger partial charge on any atom is 0.364 e. The first-order valence-electron chi connectivity index (χ1n) is 9.98. The largest absolute Gasteiger partial charge is 0.364 e. The molecular formula is C19H26F8O. The second-order valence-electron chi connectivity index (χ2n) is 8.53. The molecule has 0 aromatic carbocycles. The Labute approximate surface area is 159 Å². The molecule has 0 saturated heterocycles. The van der Waals surface area contributed by atoms with Gasteiger partial charge in [-0.1, -0.05) is 0 Å². The van der Waals surface area contributed by atoms with Crippen LogP contribution in [0.2, 0.25) is 0 Å². The molecular weight excluding hydrogens is 396 g/mol. The maximum absolute atomic E-state index is 14.6. The average molecular weight is 422 g/mol. The summed E-state index contributed by atoms with van der Waals surface area (Å²) in [5, 5.41) is 0. The summed E-state index contributed by atoms with van der Waals surface area (Å²) in [5.74, 6) is -3.34. The van der Waals surface area contributed by atoms with Gasteiger partial charge in [0.25, 0.3) is 0 Å². The van der Waals surface area contributed by atoms with Crippen molar-refractivity contribution < 1.29 is 39.9 Å². The van der Waals surface area contributed by atoms with Crippen LogP contribution in [0.1, 0.15) is 51.4 Å². The van der Waals surface area contributed by atoms with Crippen molar-refractivity contribution in [2.45, 2.75) is 101 Å². The van der Waals surface area contributed by atoms with Crippen LogP contribution in [0, 0.1) is 17.8 Å². The normalized spacial score (nSPS) is 48.4. The standard InChI is InChI=1S/C19H26F8O/c20-10-6-16(24)18(17(25)7-10)19(26,27)28-11-2-3-12(14(22)8-11)9-1-4-13(21)15(23)5-9/h9-18H,1-8H2. The first kappa shape index (κ1) is 22.1. The van der Waals surface area contributed by atoms with E-state index in [1.807, 2.05) is 0 Å². The molecule has 28 heavy (non-hydrogen) atoms. The molecule has 0 aromatic rings. The van der Waals surface area contributed by atoms with Crippen molar-refractivity contribution in [3.8, 4) is 0 Å². The van der Waals surface area contributed by atoms with E-state index in [1.54, 1.807) is 0 Å². The summed E-state index contributed by atoms with van der Waals surface area (Å²) in [6.07, 6.45) is -18.3. The molecule has 0 spiro atoms. The monoisotopic (exact) mass is 422 g/mol. The van der Waals surface area contributed by atoms with Gasteiger partial charge in [-0.25, -0.2) is 26.3 Å². The van der Waals surface area contributed by atoms with Crippen LogP contribution >= 0.6 is 0 Å². The lowest BCUT2D eigenvalue weighted by Gasteiger charge is -2.42. The second-order valence-corrected chi connectivity index (χ2v) is 8.53. The van der Waals surface area contributed by atoms with Gasteiger partial charge >= 0.3 is 6.11 Å². The summed E-state index contributed by atoms with van der Waals surface area (Å²) < 4.78 is 116. The Morgan fingerprint density at radius 1 is 0.607 bits per heavy atom. The quantitative estimate of drug-likeness (QED) is 0.505. The Hall–Kier alpha value is -0.600. The second kappa shape index (κ2) is 8.64. The van der Waals surface area contributed by atoms with Gasteiger partial charge in [-0.15, -0.1) is 0 Å². The van der Waals surface area contributed by atoms with Gasteiger partial charge < -0.3 is 4.74 Å². The Morgan fingerprint density at radius 3 is 1.82 bits per heavy atom. The third-order valence-electron chi connectivity index (χ3n) is 6.57. The molecule has 3 aliphatic carbocycles. The van der Waals surface area contributed by atoms with E-state index in [0.29, 0.717) is 6.42 Å². The fourth-order valence-electron chi connectivity index (χ4n) is 5.07. The molecule has 0 bridgehead atoms. The Morgan fingerprint density at radius 2 is 1.25 bits per heavy atom. The summed E-state index contributed by atoms with van der Waals surface area (Å²) in [7, 11) is 0.